The molecule has 2 saturated carbocycles. The Morgan fingerprint density at radius 2 is 2.09 bits per heavy atom. The molecule has 0 aromatic carbocycles. The van der Waals surface area contributed by atoms with Crippen LogP contribution >= 0.6 is 0 Å². The summed E-state index contributed by atoms with van der Waals surface area (Å²) in [6.07, 6.45) is 5.65. The molecule has 3 heteroatoms. The normalized spacial score (nSPS) is 42.5. The summed E-state index contributed by atoms with van der Waals surface area (Å²) in [6.45, 7) is 12.3. The van der Waals surface area contributed by atoms with Crippen LogP contribution in [0.25, 0.3) is 0 Å². The highest BCUT2D eigenvalue weighted by atomic mass is 16.5. The van der Waals surface area contributed by atoms with Gasteiger partial charge in [0.2, 0.25) is 5.91 Å². The standard InChI is InChI=1S/C19H33NO2/c1-6-7-15(21)20-17-18(4,5)13-10-14-16(12(2)3)22-9-8-19(14,17)11-13/h12-14,16-17H,6-11H2,1-5H3,(H,20,21)/t13-,14-,16-,17+,19-/m1/s1. The van der Waals surface area contributed by atoms with Crippen LogP contribution in [0.15, 0.2) is 0 Å². The first-order valence-electron chi connectivity index (χ1n) is 9.24. The molecule has 2 aliphatic carbocycles. The van der Waals surface area contributed by atoms with Crippen LogP contribution in [0.1, 0.15) is 66.7 Å². The summed E-state index contributed by atoms with van der Waals surface area (Å²) in [6, 6.07) is 0.327. The molecule has 1 aliphatic heterocycles. The van der Waals surface area contributed by atoms with Crippen molar-refractivity contribution in [3.63, 3.8) is 0 Å². The summed E-state index contributed by atoms with van der Waals surface area (Å²) in [7, 11) is 0. The Hall–Kier alpha value is -0.570. The zero-order chi connectivity index (χ0) is 16.1. The summed E-state index contributed by atoms with van der Waals surface area (Å²) in [5, 5.41) is 3.46. The van der Waals surface area contributed by atoms with Gasteiger partial charge in [0.25, 0.3) is 0 Å². The van der Waals surface area contributed by atoms with Crippen molar-refractivity contribution < 1.29 is 9.53 Å². The van der Waals surface area contributed by atoms with E-state index in [-0.39, 0.29) is 16.7 Å². The Labute approximate surface area is 135 Å². The SMILES string of the molecule is CCCC(=O)N[C@H]1C(C)(C)[C@@H]2C[C@@H]3[C@@H](C(C)C)OCC[C@@]31C2. The monoisotopic (exact) mass is 307 g/mol. The number of rotatable bonds is 4. The van der Waals surface area contributed by atoms with E-state index < -0.39 is 0 Å². The van der Waals surface area contributed by atoms with E-state index >= 15 is 0 Å². The predicted molar refractivity (Wildman–Crippen MR) is 88.5 cm³/mol. The van der Waals surface area contributed by atoms with Crippen LogP contribution in [0.4, 0.5) is 0 Å². The van der Waals surface area contributed by atoms with E-state index in [1.807, 2.05) is 0 Å². The molecule has 1 saturated heterocycles. The molecular formula is C19H33NO2. The minimum Gasteiger partial charge on any atom is -0.378 e. The molecule has 0 aromatic heterocycles. The average Bonchev–Trinajstić information content (AvgIpc) is 2.92. The van der Waals surface area contributed by atoms with Crippen molar-refractivity contribution in [2.24, 2.45) is 28.6 Å². The Kier molecular flexibility index (Phi) is 4.08. The van der Waals surface area contributed by atoms with Gasteiger partial charge in [0.05, 0.1) is 6.10 Å². The van der Waals surface area contributed by atoms with Crippen LogP contribution in [-0.2, 0) is 9.53 Å². The number of hydrogen-bond acceptors (Lipinski definition) is 2. The lowest BCUT2D eigenvalue weighted by molar-refractivity contribution is -0.144. The van der Waals surface area contributed by atoms with Crippen molar-refractivity contribution in [3.8, 4) is 0 Å². The lowest BCUT2D eigenvalue weighted by Crippen LogP contribution is -2.60. The fourth-order valence-corrected chi connectivity index (χ4v) is 5.95. The van der Waals surface area contributed by atoms with Gasteiger partial charge in [-0.2, -0.15) is 0 Å². The van der Waals surface area contributed by atoms with Gasteiger partial charge in [-0.25, -0.2) is 0 Å². The van der Waals surface area contributed by atoms with Crippen molar-refractivity contribution in [3.05, 3.63) is 0 Å². The molecule has 126 valence electrons. The zero-order valence-corrected chi connectivity index (χ0v) is 14.9. The van der Waals surface area contributed by atoms with E-state index in [1.165, 1.54) is 12.8 Å². The average molecular weight is 307 g/mol. The van der Waals surface area contributed by atoms with Crippen LogP contribution in [0.3, 0.4) is 0 Å². The second-order valence-electron chi connectivity index (χ2n) is 8.88. The molecule has 3 nitrogen and oxygen atoms in total. The van der Waals surface area contributed by atoms with E-state index in [2.05, 4.69) is 39.9 Å². The van der Waals surface area contributed by atoms with Crippen LogP contribution in [0.2, 0.25) is 0 Å². The van der Waals surface area contributed by atoms with Crippen molar-refractivity contribution in [2.75, 3.05) is 6.61 Å². The Balaban J connectivity index is 1.89. The molecule has 0 aromatic rings. The maximum absolute atomic E-state index is 12.3. The first-order chi connectivity index (χ1) is 10.3. The van der Waals surface area contributed by atoms with E-state index in [0.29, 0.717) is 30.4 Å². The number of hydrogen-bond donors (Lipinski definition) is 1. The molecule has 22 heavy (non-hydrogen) atoms. The van der Waals surface area contributed by atoms with Crippen LogP contribution < -0.4 is 5.32 Å². The third-order valence-corrected chi connectivity index (χ3v) is 6.99. The zero-order valence-electron chi connectivity index (χ0n) is 14.9. The van der Waals surface area contributed by atoms with Crippen molar-refractivity contribution in [2.45, 2.75) is 78.9 Å². The number of carbonyl (C=O) groups excluding carboxylic acids is 1. The van der Waals surface area contributed by atoms with Gasteiger partial charge in [-0.1, -0.05) is 34.6 Å². The Bertz CT molecular complexity index is 445. The van der Waals surface area contributed by atoms with Crippen molar-refractivity contribution in [1.29, 1.82) is 0 Å². The number of carbonyl (C=O) groups is 1. The van der Waals surface area contributed by atoms with Gasteiger partial charge in [-0.05, 0) is 54.3 Å². The number of nitrogens with one attached hydrogen (secondary N) is 1. The van der Waals surface area contributed by atoms with Gasteiger partial charge >= 0.3 is 0 Å². The fourth-order valence-electron chi connectivity index (χ4n) is 5.95. The van der Waals surface area contributed by atoms with E-state index in [4.69, 9.17) is 4.74 Å². The van der Waals surface area contributed by atoms with Gasteiger partial charge in [0, 0.05) is 19.1 Å². The molecule has 3 aliphatic rings. The Morgan fingerprint density at radius 3 is 2.73 bits per heavy atom. The Morgan fingerprint density at radius 1 is 1.36 bits per heavy atom. The molecule has 1 amide bonds. The van der Waals surface area contributed by atoms with Crippen molar-refractivity contribution >= 4 is 5.91 Å². The van der Waals surface area contributed by atoms with Gasteiger partial charge < -0.3 is 10.1 Å². The maximum Gasteiger partial charge on any atom is 0.220 e. The quantitative estimate of drug-likeness (QED) is 0.858. The third-order valence-electron chi connectivity index (χ3n) is 6.99. The first-order valence-corrected chi connectivity index (χ1v) is 9.24. The molecule has 3 fully saturated rings. The predicted octanol–water partition coefficient (Wildman–Crippen LogP) is 3.77. The summed E-state index contributed by atoms with van der Waals surface area (Å²) < 4.78 is 6.16. The van der Waals surface area contributed by atoms with Gasteiger partial charge in [-0.3, -0.25) is 4.79 Å². The van der Waals surface area contributed by atoms with Gasteiger partial charge in [0.1, 0.15) is 0 Å². The molecule has 1 spiro atoms. The first kappa shape index (κ1) is 16.3. The summed E-state index contributed by atoms with van der Waals surface area (Å²) in [5.74, 6) is 2.17. The highest BCUT2D eigenvalue weighted by molar-refractivity contribution is 5.76. The molecular weight excluding hydrogens is 274 g/mol. The molecule has 3 rings (SSSR count). The highest BCUT2D eigenvalue weighted by Gasteiger charge is 2.68. The van der Waals surface area contributed by atoms with Crippen LogP contribution in [-0.4, -0.2) is 24.7 Å². The van der Waals surface area contributed by atoms with Crippen LogP contribution in [0.5, 0.6) is 0 Å². The van der Waals surface area contributed by atoms with E-state index in [9.17, 15) is 4.79 Å². The number of fused-ring (bicyclic) bond motifs is 1. The second kappa shape index (κ2) is 5.51. The topological polar surface area (TPSA) is 38.3 Å². The molecule has 2 bridgehead atoms. The maximum atomic E-state index is 12.3. The van der Waals surface area contributed by atoms with Crippen molar-refractivity contribution in [1.82, 2.24) is 5.32 Å². The summed E-state index contributed by atoms with van der Waals surface area (Å²) >= 11 is 0. The smallest absolute Gasteiger partial charge is 0.220 e. The highest BCUT2D eigenvalue weighted by Crippen LogP contribution is 2.69. The second-order valence-corrected chi connectivity index (χ2v) is 8.88. The minimum atomic E-state index is 0.221. The number of amides is 1. The third kappa shape index (κ3) is 2.23. The van der Waals surface area contributed by atoms with Gasteiger partial charge in [-0.15, -0.1) is 0 Å². The fraction of sp³-hybridized carbons (Fsp3) is 0.947. The largest absolute Gasteiger partial charge is 0.378 e. The lowest BCUT2D eigenvalue weighted by Gasteiger charge is -2.54. The van der Waals surface area contributed by atoms with Crippen LogP contribution in [0, 0.1) is 28.6 Å². The minimum absolute atomic E-state index is 0.221. The lowest BCUT2D eigenvalue weighted by atomic mass is 9.58. The molecule has 5 atom stereocenters. The van der Waals surface area contributed by atoms with Gasteiger partial charge in [0.15, 0.2) is 0 Å². The summed E-state index contributed by atoms with van der Waals surface area (Å²) in [4.78, 5) is 12.3. The molecule has 0 radical (unpaired) electrons. The summed E-state index contributed by atoms with van der Waals surface area (Å²) in [5.41, 5.74) is 0.503. The molecule has 1 N–H and O–H groups in total. The number of ether oxygens (including phenoxy) is 1. The molecule has 1 heterocycles. The van der Waals surface area contributed by atoms with E-state index in [1.54, 1.807) is 0 Å². The van der Waals surface area contributed by atoms with E-state index in [0.717, 1.165) is 25.4 Å². The molecule has 0 unspecified atom stereocenters.